The summed E-state index contributed by atoms with van der Waals surface area (Å²) in [4.78, 5) is 35.1. The van der Waals surface area contributed by atoms with Gasteiger partial charge in [0.2, 0.25) is 11.8 Å². The van der Waals surface area contributed by atoms with Crippen molar-refractivity contribution in [3.8, 4) is 0 Å². The van der Waals surface area contributed by atoms with Gasteiger partial charge in [0.15, 0.2) is 0 Å². The topological polar surface area (TPSA) is 95.5 Å². The van der Waals surface area contributed by atoms with E-state index in [-0.39, 0.29) is 17.7 Å². The lowest BCUT2D eigenvalue weighted by Crippen LogP contribution is -2.52. The summed E-state index contributed by atoms with van der Waals surface area (Å²) in [7, 11) is 0. The number of hydrogen-bond acceptors (Lipinski definition) is 3. The summed E-state index contributed by atoms with van der Waals surface area (Å²) in [6.45, 7) is 5.03. The molecule has 0 radical (unpaired) electrons. The van der Waals surface area contributed by atoms with Crippen molar-refractivity contribution >= 4 is 17.8 Å². The molecule has 0 aromatic carbocycles. The Morgan fingerprint density at radius 3 is 2.05 bits per heavy atom. The molecule has 0 aromatic heterocycles. The van der Waals surface area contributed by atoms with Crippen LogP contribution in [0, 0.1) is 11.8 Å². The molecule has 1 aliphatic rings. The van der Waals surface area contributed by atoms with Gasteiger partial charge < -0.3 is 15.7 Å². The highest BCUT2D eigenvalue weighted by molar-refractivity contribution is 5.90. The predicted molar refractivity (Wildman–Crippen MR) is 78.6 cm³/mol. The van der Waals surface area contributed by atoms with Crippen LogP contribution in [0.1, 0.15) is 52.9 Å². The van der Waals surface area contributed by atoms with E-state index in [1.807, 2.05) is 0 Å². The number of nitrogens with one attached hydrogen (secondary N) is 2. The van der Waals surface area contributed by atoms with Crippen molar-refractivity contribution in [2.45, 2.75) is 65.0 Å². The maximum Gasteiger partial charge on any atom is 0.326 e. The van der Waals surface area contributed by atoms with Gasteiger partial charge in [0.1, 0.15) is 12.1 Å². The molecule has 0 saturated heterocycles. The van der Waals surface area contributed by atoms with Crippen molar-refractivity contribution in [2.24, 2.45) is 11.8 Å². The van der Waals surface area contributed by atoms with E-state index < -0.39 is 24.0 Å². The van der Waals surface area contributed by atoms with Gasteiger partial charge in [0.25, 0.3) is 0 Å². The van der Waals surface area contributed by atoms with E-state index in [2.05, 4.69) is 10.6 Å². The molecule has 6 heteroatoms. The zero-order chi connectivity index (χ0) is 16.0. The second-order valence-corrected chi connectivity index (χ2v) is 6.13. The van der Waals surface area contributed by atoms with Crippen LogP contribution in [0.4, 0.5) is 0 Å². The summed E-state index contributed by atoms with van der Waals surface area (Å²) < 4.78 is 0. The van der Waals surface area contributed by atoms with E-state index in [1.54, 1.807) is 20.8 Å². The zero-order valence-corrected chi connectivity index (χ0v) is 13.0. The minimum Gasteiger partial charge on any atom is -0.480 e. The van der Waals surface area contributed by atoms with Gasteiger partial charge >= 0.3 is 5.97 Å². The number of amides is 2. The van der Waals surface area contributed by atoms with Crippen molar-refractivity contribution in [3.63, 3.8) is 0 Å². The molecule has 0 heterocycles. The second kappa shape index (κ2) is 8.00. The maximum absolute atomic E-state index is 12.1. The molecule has 1 rings (SSSR count). The number of carboxylic acid groups (broad SMARTS) is 1. The van der Waals surface area contributed by atoms with E-state index >= 15 is 0 Å². The Morgan fingerprint density at radius 2 is 1.57 bits per heavy atom. The van der Waals surface area contributed by atoms with Crippen LogP contribution in [0.25, 0.3) is 0 Å². The van der Waals surface area contributed by atoms with Crippen molar-refractivity contribution in [2.75, 3.05) is 0 Å². The largest absolute Gasteiger partial charge is 0.480 e. The monoisotopic (exact) mass is 298 g/mol. The quantitative estimate of drug-likeness (QED) is 0.688. The molecule has 21 heavy (non-hydrogen) atoms. The van der Waals surface area contributed by atoms with Crippen molar-refractivity contribution in [1.82, 2.24) is 10.6 Å². The molecule has 0 unspecified atom stereocenters. The Balaban J connectivity index is 2.49. The Hall–Kier alpha value is -1.59. The molecule has 1 fully saturated rings. The van der Waals surface area contributed by atoms with E-state index in [9.17, 15) is 14.4 Å². The fraction of sp³-hybridized carbons (Fsp3) is 0.800. The molecule has 120 valence electrons. The molecule has 6 nitrogen and oxygen atoms in total. The standard InChI is InChI=1S/C15H26N2O4/c1-9(2)12(15(20)21)17-13(18)10(3)16-14(19)11-7-5-4-6-8-11/h9-12H,4-8H2,1-3H3,(H,16,19)(H,17,18)(H,20,21)/t10-,12-/m0/s1. The fourth-order valence-corrected chi connectivity index (χ4v) is 2.55. The highest BCUT2D eigenvalue weighted by atomic mass is 16.4. The number of carboxylic acids is 1. The third-order valence-electron chi connectivity index (χ3n) is 3.96. The number of carbonyl (C=O) groups is 3. The van der Waals surface area contributed by atoms with E-state index in [0.29, 0.717) is 0 Å². The summed E-state index contributed by atoms with van der Waals surface area (Å²) in [5.41, 5.74) is 0. The summed E-state index contributed by atoms with van der Waals surface area (Å²) in [5.74, 6) is -1.86. The lowest BCUT2D eigenvalue weighted by molar-refractivity contribution is -0.143. The number of hydrogen-bond donors (Lipinski definition) is 3. The fourth-order valence-electron chi connectivity index (χ4n) is 2.55. The van der Waals surface area contributed by atoms with Gasteiger partial charge in [0.05, 0.1) is 0 Å². The van der Waals surface area contributed by atoms with Crippen molar-refractivity contribution in [3.05, 3.63) is 0 Å². The summed E-state index contributed by atoms with van der Waals surface area (Å²) >= 11 is 0. The van der Waals surface area contributed by atoms with Crippen LogP contribution in [0.15, 0.2) is 0 Å². The van der Waals surface area contributed by atoms with Gasteiger partial charge in [-0.1, -0.05) is 33.1 Å². The molecule has 0 aliphatic heterocycles. The summed E-state index contributed by atoms with van der Waals surface area (Å²) in [5, 5.41) is 14.2. The zero-order valence-electron chi connectivity index (χ0n) is 13.0. The first kappa shape index (κ1) is 17.5. The van der Waals surface area contributed by atoms with Crippen molar-refractivity contribution in [1.29, 1.82) is 0 Å². The van der Waals surface area contributed by atoms with Crippen LogP contribution < -0.4 is 10.6 Å². The third-order valence-corrected chi connectivity index (χ3v) is 3.96. The van der Waals surface area contributed by atoms with Gasteiger partial charge in [-0.05, 0) is 25.7 Å². The first-order valence-electron chi connectivity index (χ1n) is 7.66. The van der Waals surface area contributed by atoms with Gasteiger partial charge in [-0.15, -0.1) is 0 Å². The van der Waals surface area contributed by atoms with E-state index in [1.165, 1.54) is 0 Å². The molecule has 0 bridgehead atoms. The van der Waals surface area contributed by atoms with Gasteiger partial charge in [-0.25, -0.2) is 4.79 Å². The molecular weight excluding hydrogens is 272 g/mol. The molecule has 1 aliphatic carbocycles. The normalized spacial score (nSPS) is 18.9. The molecule has 1 saturated carbocycles. The lowest BCUT2D eigenvalue weighted by atomic mass is 9.88. The molecular formula is C15H26N2O4. The first-order chi connectivity index (χ1) is 9.82. The number of aliphatic carboxylic acids is 1. The molecule has 2 atom stereocenters. The van der Waals surface area contributed by atoms with Crippen LogP contribution in [0.5, 0.6) is 0 Å². The van der Waals surface area contributed by atoms with Gasteiger partial charge in [0, 0.05) is 5.92 Å². The van der Waals surface area contributed by atoms with E-state index in [0.717, 1.165) is 32.1 Å². The molecule has 0 aromatic rings. The molecule has 3 N–H and O–H groups in total. The summed E-state index contributed by atoms with van der Waals surface area (Å²) in [6, 6.07) is -1.66. The van der Waals surface area contributed by atoms with Crippen LogP contribution in [0.3, 0.4) is 0 Å². The summed E-state index contributed by atoms with van der Waals surface area (Å²) in [6.07, 6.45) is 4.99. The molecule has 0 spiro atoms. The Bertz CT molecular complexity index is 389. The average Bonchev–Trinajstić information content (AvgIpc) is 2.44. The van der Waals surface area contributed by atoms with Gasteiger partial charge in [-0.2, -0.15) is 0 Å². The number of carbonyl (C=O) groups excluding carboxylic acids is 2. The maximum atomic E-state index is 12.1. The Labute approximate surface area is 125 Å². The lowest BCUT2D eigenvalue weighted by Gasteiger charge is -2.24. The van der Waals surface area contributed by atoms with E-state index in [4.69, 9.17) is 5.11 Å². The minimum absolute atomic E-state index is 0.0191. The Kier molecular flexibility index (Phi) is 6.65. The van der Waals surface area contributed by atoms with Gasteiger partial charge in [-0.3, -0.25) is 9.59 Å². The highest BCUT2D eigenvalue weighted by Crippen LogP contribution is 2.23. The van der Waals surface area contributed by atoms with Crippen LogP contribution in [-0.2, 0) is 14.4 Å². The molecule has 2 amide bonds. The highest BCUT2D eigenvalue weighted by Gasteiger charge is 2.28. The van der Waals surface area contributed by atoms with Crippen molar-refractivity contribution < 1.29 is 19.5 Å². The third kappa shape index (κ3) is 5.36. The smallest absolute Gasteiger partial charge is 0.326 e. The van der Waals surface area contributed by atoms with Crippen LogP contribution in [-0.4, -0.2) is 35.0 Å². The second-order valence-electron chi connectivity index (χ2n) is 6.13. The van der Waals surface area contributed by atoms with Crippen LogP contribution >= 0.6 is 0 Å². The van der Waals surface area contributed by atoms with Crippen LogP contribution in [0.2, 0.25) is 0 Å². The Morgan fingerprint density at radius 1 is 1.00 bits per heavy atom. The average molecular weight is 298 g/mol. The predicted octanol–water partition coefficient (Wildman–Crippen LogP) is 1.30. The minimum atomic E-state index is -1.07. The number of rotatable bonds is 6. The first-order valence-corrected chi connectivity index (χ1v) is 7.66. The SMILES string of the molecule is CC(C)[C@H](NC(=O)[C@H](C)NC(=O)C1CCCCC1)C(=O)O.